The summed E-state index contributed by atoms with van der Waals surface area (Å²) in [5, 5.41) is 0. The van der Waals surface area contributed by atoms with Crippen molar-refractivity contribution in [2.75, 3.05) is 26.0 Å². The molecule has 0 N–H and O–H groups in total. The van der Waals surface area contributed by atoms with Crippen molar-refractivity contribution in [3.05, 3.63) is 78.4 Å². The van der Waals surface area contributed by atoms with Crippen molar-refractivity contribution in [3.63, 3.8) is 0 Å². The van der Waals surface area contributed by atoms with Gasteiger partial charge in [0.2, 0.25) is 0 Å². The van der Waals surface area contributed by atoms with Crippen LogP contribution in [0.1, 0.15) is 23.7 Å². The predicted octanol–water partition coefficient (Wildman–Crippen LogP) is 5.63. The van der Waals surface area contributed by atoms with Gasteiger partial charge in [-0.2, -0.15) is 13.2 Å². The highest BCUT2D eigenvalue weighted by atomic mass is 32.2. The lowest BCUT2D eigenvalue weighted by Crippen LogP contribution is -2.33. The van der Waals surface area contributed by atoms with Crippen molar-refractivity contribution < 1.29 is 35.9 Å². The summed E-state index contributed by atoms with van der Waals surface area (Å²) in [5.41, 5.74) is 1.93. The van der Waals surface area contributed by atoms with Crippen molar-refractivity contribution >= 4 is 15.7 Å². The van der Waals surface area contributed by atoms with Gasteiger partial charge in [0.1, 0.15) is 11.5 Å². The van der Waals surface area contributed by atoms with Gasteiger partial charge in [0.05, 0.1) is 17.1 Å². The molecule has 3 aromatic carbocycles. The summed E-state index contributed by atoms with van der Waals surface area (Å²) in [6, 6.07) is 20.9. The van der Waals surface area contributed by atoms with Crippen LogP contribution in [-0.2, 0) is 9.84 Å². The predicted molar refractivity (Wildman–Crippen MR) is 137 cm³/mol. The Bertz CT molecular complexity index is 1380. The van der Waals surface area contributed by atoms with Crippen LogP contribution in [0.15, 0.2) is 77.7 Å². The van der Waals surface area contributed by atoms with Crippen molar-refractivity contribution in [1.82, 2.24) is 4.90 Å². The molecule has 1 aliphatic heterocycles. The minimum Gasteiger partial charge on any atom is -0.493 e. The molecule has 6 nitrogen and oxygen atoms in total. The van der Waals surface area contributed by atoms with Gasteiger partial charge in [-0.1, -0.05) is 42.5 Å². The van der Waals surface area contributed by atoms with E-state index >= 15 is 0 Å². The molecule has 0 aliphatic carbocycles. The number of hydrogen-bond acceptors (Lipinski definition) is 5. The molecular weight excluding hydrogens is 519 g/mol. The van der Waals surface area contributed by atoms with Gasteiger partial charge in [-0.15, -0.1) is 0 Å². The summed E-state index contributed by atoms with van der Waals surface area (Å²) < 4.78 is 74.3. The Hall–Kier alpha value is -3.53. The first-order chi connectivity index (χ1) is 17.9. The average Bonchev–Trinajstić information content (AvgIpc) is 3.36. The summed E-state index contributed by atoms with van der Waals surface area (Å²) in [5.74, 6) is -0.212. The number of amides is 1. The van der Waals surface area contributed by atoms with Crippen molar-refractivity contribution in [2.45, 2.75) is 30.5 Å². The van der Waals surface area contributed by atoms with E-state index in [0.29, 0.717) is 31.9 Å². The first kappa shape index (κ1) is 27.5. The maximum absolute atomic E-state index is 13.3. The van der Waals surface area contributed by atoms with Crippen LogP contribution in [0.2, 0.25) is 0 Å². The fourth-order valence-electron chi connectivity index (χ4n) is 4.18. The molecule has 0 spiro atoms. The maximum atomic E-state index is 13.3. The molecule has 1 unspecified atom stereocenters. The maximum Gasteiger partial charge on any atom is 0.425 e. The Labute approximate surface area is 219 Å². The summed E-state index contributed by atoms with van der Waals surface area (Å²) in [6.07, 6.45) is -5.23. The number of ether oxygens (including phenoxy) is 2. The first-order valence-corrected chi connectivity index (χ1v) is 14.0. The molecule has 3 aromatic rings. The number of hydrogen-bond donors (Lipinski definition) is 0. The SMILES string of the molecule is C[C@H](Oc1ccc(S(C)(=O)=O)cc1C(=O)N1CCC(COc2ccc(-c3ccccc3)cc2)C1)C(F)(F)F. The number of nitrogens with zero attached hydrogens (tertiary/aromatic N) is 1. The van der Waals surface area contributed by atoms with Gasteiger partial charge in [-0.25, -0.2) is 8.42 Å². The lowest BCUT2D eigenvalue weighted by atomic mass is 10.1. The molecule has 1 aliphatic rings. The molecule has 1 amide bonds. The number of carbonyl (C=O) groups excluding carboxylic acids is 1. The lowest BCUT2D eigenvalue weighted by molar-refractivity contribution is -0.189. The minimum absolute atomic E-state index is 0.00399. The molecule has 0 aromatic heterocycles. The van der Waals surface area contributed by atoms with E-state index < -0.39 is 28.0 Å². The first-order valence-electron chi connectivity index (χ1n) is 12.1. The molecule has 0 radical (unpaired) electrons. The van der Waals surface area contributed by atoms with Crippen LogP contribution < -0.4 is 9.47 Å². The molecule has 1 heterocycles. The largest absolute Gasteiger partial charge is 0.493 e. The zero-order valence-corrected chi connectivity index (χ0v) is 21.8. The van der Waals surface area contributed by atoms with E-state index in [-0.39, 0.29) is 22.1 Å². The molecule has 4 rings (SSSR count). The van der Waals surface area contributed by atoms with Crippen LogP contribution in [0, 0.1) is 5.92 Å². The van der Waals surface area contributed by atoms with Crippen LogP contribution in [-0.4, -0.2) is 57.5 Å². The molecule has 0 bridgehead atoms. The van der Waals surface area contributed by atoms with E-state index in [1.165, 1.54) is 4.90 Å². The average molecular weight is 548 g/mol. The van der Waals surface area contributed by atoms with Gasteiger partial charge in [0.25, 0.3) is 5.91 Å². The molecule has 2 atom stereocenters. The number of alkyl halides is 3. The Morgan fingerprint density at radius 2 is 1.68 bits per heavy atom. The number of benzene rings is 3. The van der Waals surface area contributed by atoms with Gasteiger partial charge >= 0.3 is 6.18 Å². The number of likely N-dealkylation sites (tertiary alicyclic amines) is 1. The van der Waals surface area contributed by atoms with E-state index in [4.69, 9.17) is 9.47 Å². The monoisotopic (exact) mass is 547 g/mol. The van der Waals surface area contributed by atoms with Crippen LogP contribution >= 0.6 is 0 Å². The number of halogens is 3. The second kappa shape index (κ2) is 11.1. The topological polar surface area (TPSA) is 72.9 Å². The van der Waals surface area contributed by atoms with Crippen molar-refractivity contribution in [1.29, 1.82) is 0 Å². The molecule has 0 saturated carbocycles. The van der Waals surface area contributed by atoms with Gasteiger partial charge in [0, 0.05) is 25.3 Å². The van der Waals surface area contributed by atoms with Crippen LogP contribution in [0.3, 0.4) is 0 Å². The van der Waals surface area contributed by atoms with Crippen molar-refractivity contribution in [2.24, 2.45) is 5.92 Å². The second-order valence-corrected chi connectivity index (χ2v) is 11.4. The second-order valence-electron chi connectivity index (χ2n) is 9.34. The normalized spacial score (nSPS) is 16.8. The third-order valence-corrected chi connectivity index (χ3v) is 7.50. The van der Waals surface area contributed by atoms with E-state index in [0.717, 1.165) is 42.5 Å². The Morgan fingerprint density at radius 3 is 2.32 bits per heavy atom. The Morgan fingerprint density at radius 1 is 1.03 bits per heavy atom. The highest BCUT2D eigenvalue weighted by Gasteiger charge is 2.39. The molecule has 38 heavy (non-hydrogen) atoms. The Balaban J connectivity index is 1.43. The van der Waals surface area contributed by atoms with E-state index in [2.05, 4.69) is 0 Å². The van der Waals surface area contributed by atoms with Gasteiger partial charge in [0.15, 0.2) is 15.9 Å². The van der Waals surface area contributed by atoms with E-state index in [1.54, 1.807) is 0 Å². The standard InChI is InChI=1S/C28H28F3NO5S/c1-19(28(29,30)31)37-26-13-12-24(38(2,34)35)16-25(26)27(33)32-15-14-20(17-32)18-36-23-10-8-22(9-11-23)21-6-4-3-5-7-21/h3-13,16,19-20H,14-15,17-18H2,1-2H3/t19-,20?/m0/s1. The number of sulfone groups is 1. The summed E-state index contributed by atoms with van der Waals surface area (Å²) >= 11 is 0. The van der Waals surface area contributed by atoms with Gasteiger partial charge in [-0.3, -0.25) is 4.79 Å². The molecule has 1 saturated heterocycles. The van der Waals surface area contributed by atoms with Gasteiger partial charge < -0.3 is 14.4 Å². The number of carbonyl (C=O) groups is 1. The zero-order chi connectivity index (χ0) is 27.5. The van der Waals surface area contributed by atoms with Gasteiger partial charge in [-0.05, 0) is 54.8 Å². The summed E-state index contributed by atoms with van der Waals surface area (Å²) in [7, 11) is -3.70. The third kappa shape index (κ3) is 6.66. The van der Waals surface area contributed by atoms with Crippen LogP contribution in [0.25, 0.3) is 11.1 Å². The fraction of sp³-hybridized carbons (Fsp3) is 0.321. The minimum atomic E-state index is -4.65. The molecule has 10 heteroatoms. The molecular formula is C28H28F3NO5S. The fourth-order valence-corrected chi connectivity index (χ4v) is 4.83. The van der Waals surface area contributed by atoms with E-state index in [1.807, 2.05) is 54.6 Å². The smallest absolute Gasteiger partial charge is 0.425 e. The highest BCUT2D eigenvalue weighted by molar-refractivity contribution is 7.90. The number of rotatable bonds is 8. The van der Waals surface area contributed by atoms with E-state index in [9.17, 15) is 26.4 Å². The van der Waals surface area contributed by atoms with Crippen molar-refractivity contribution in [3.8, 4) is 22.6 Å². The van der Waals surface area contributed by atoms with Crippen LogP contribution in [0.4, 0.5) is 13.2 Å². The lowest BCUT2D eigenvalue weighted by Gasteiger charge is -2.22. The quantitative estimate of drug-likeness (QED) is 0.366. The zero-order valence-electron chi connectivity index (χ0n) is 20.9. The highest BCUT2D eigenvalue weighted by Crippen LogP contribution is 2.31. The summed E-state index contributed by atoms with van der Waals surface area (Å²) in [4.78, 5) is 14.6. The molecule has 1 fully saturated rings. The summed E-state index contributed by atoms with van der Waals surface area (Å²) in [6.45, 7) is 1.86. The third-order valence-electron chi connectivity index (χ3n) is 6.39. The Kier molecular flexibility index (Phi) is 8.01. The molecule has 202 valence electrons. The van der Waals surface area contributed by atoms with Crippen LogP contribution in [0.5, 0.6) is 11.5 Å².